The van der Waals surface area contributed by atoms with Crippen LogP contribution in [0.15, 0.2) is 36.1 Å². The summed E-state index contributed by atoms with van der Waals surface area (Å²) >= 11 is 0. The Balaban J connectivity index is 3.15. The third kappa shape index (κ3) is 3.57. The van der Waals surface area contributed by atoms with Gasteiger partial charge in [-0.15, -0.1) is 0 Å². The highest BCUT2D eigenvalue weighted by Gasteiger charge is 2.35. The minimum Gasteiger partial charge on any atom is -0.481 e. The number of hydrogen-bond acceptors (Lipinski definition) is 4. The van der Waals surface area contributed by atoms with E-state index in [2.05, 4.69) is 6.58 Å². The van der Waals surface area contributed by atoms with Crippen molar-refractivity contribution in [2.75, 3.05) is 6.54 Å². The highest BCUT2D eigenvalue weighted by Crippen LogP contribution is 2.29. The lowest BCUT2D eigenvalue weighted by molar-refractivity contribution is -0.137. The molecule has 0 saturated carbocycles. The van der Waals surface area contributed by atoms with Gasteiger partial charge in [0.25, 0.3) is 0 Å². The number of hydrogen-bond donors (Lipinski definition) is 2. The van der Waals surface area contributed by atoms with Gasteiger partial charge >= 0.3 is 5.97 Å². The maximum atomic E-state index is 12.3. The minimum atomic E-state index is -2.88. The van der Waals surface area contributed by atoms with Crippen molar-refractivity contribution in [3.05, 3.63) is 36.1 Å². The quantitative estimate of drug-likeness (QED) is 0.581. The molecule has 1 rings (SSSR count). The Morgan fingerprint density at radius 1 is 1.55 bits per heavy atom. The molecule has 0 aromatic heterocycles. The number of rotatable bonds is 5. The van der Waals surface area contributed by atoms with Crippen LogP contribution in [0, 0.1) is 5.92 Å². The topological polar surface area (TPSA) is 91.8 Å². The minimum absolute atomic E-state index is 0.0149. The molecule has 0 amide bonds. The van der Waals surface area contributed by atoms with Crippen molar-refractivity contribution in [1.82, 2.24) is 4.31 Å². The van der Waals surface area contributed by atoms with Crippen molar-refractivity contribution < 1.29 is 23.1 Å². The van der Waals surface area contributed by atoms with Crippen LogP contribution in [0.4, 0.5) is 0 Å². The molecule has 7 heteroatoms. The summed E-state index contributed by atoms with van der Waals surface area (Å²) in [6.07, 6.45) is 4.35. The van der Waals surface area contributed by atoms with Crippen LogP contribution in [0.25, 0.3) is 0 Å². The van der Waals surface area contributed by atoms with E-state index in [4.69, 9.17) is 5.11 Å². The maximum absolute atomic E-state index is 12.3. The fraction of sp³-hybridized carbons (Fsp3) is 0.385. The molecule has 0 radical (unpaired) electrons. The Kier molecular flexibility index (Phi) is 5.69. The largest absolute Gasteiger partial charge is 0.481 e. The fourth-order valence-corrected chi connectivity index (χ4v) is 2.87. The molecule has 0 bridgehead atoms. The number of carboxylic acid groups (broad SMARTS) is 1. The number of thiol groups is 1. The third-order valence-corrected chi connectivity index (χ3v) is 3.82. The number of carboxylic acids is 1. The van der Waals surface area contributed by atoms with Gasteiger partial charge in [0.15, 0.2) is 5.78 Å². The summed E-state index contributed by atoms with van der Waals surface area (Å²) in [5.41, 5.74) is 0.570. The van der Waals surface area contributed by atoms with Crippen LogP contribution in [0.5, 0.6) is 0 Å². The average molecular weight is 299 g/mol. The van der Waals surface area contributed by atoms with Gasteiger partial charge in [0.05, 0.1) is 5.70 Å². The smallest absolute Gasteiger partial charge is 0.303 e. The van der Waals surface area contributed by atoms with Crippen LogP contribution in [0.1, 0.15) is 19.8 Å². The lowest BCUT2D eigenvalue weighted by Crippen LogP contribution is -2.40. The first-order chi connectivity index (χ1) is 9.42. The Morgan fingerprint density at radius 3 is 2.65 bits per heavy atom. The molecule has 1 aliphatic rings. The van der Waals surface area contributed by atoms with E-state index in [0.717, 1.165) is 4.31 Å². The predicted molar refractivity (Wildman–Crippen MR) is 74.4 cm³/mol. The fourth-order valence-electron chi connectivity index (χ4n) is 2.14. The molecule has 110 valence electrons. The van der Waals surface area contributed by atoms with Crippen molar-refractivity contribution in [3.8, 4) is 0 Å². The zero-order valence-corrected chi connectivity index (χ0v) is 12.0. The second kappa shape index (κ2) is 7.04. The van der Waals surface area contributed by atoms with Crippen LogP contribution in [0.3, 0.4) is 0 Å². The molecule has 0 aromatic carbocycles. The Hall–Kier alpha value is -1.89. The molecule has 6 nitrogen and oxygen atoms in total. The summed E-state index contributed by atoms with van der Waals surface area (Å²) in [4.78, 5) is 22.9. The average Bonchev–Trinajstić information content (AvgIpc) is 2.39. The first kappa shape index (κ1) is 16.2. The van der Waals surface area contributed by atoms with E-state index in [0.29, 0.717) is 5.70 Å². The van der Waals surface area contributed by atoms with Gasteiger partial charge in [-0.05, 0) is 19.4 Å². The molecule has 1 fully saturated rings. The molecular formula is C13H17NO5S. The lowest BCUT2D eigenvalue weighted by Gasteiger charge is -2.32. The molecular weight excluding hydrogens is 282 g/mol. The summed E-state index contributed by atoms with van der Waals surface area (Å²) in [6.45, 7) is 5.13. The Labute approximate surface area is 119 Å². The molecule has 20 heavy (non-hydrogen) atoms. The highest BCUT2D eigenvalue weighted by molar-refractivity contribution is 7.70. The van der Waals surface area contributed by atoms with Gasteiger partial charge in [0, 0.05) is 24.5 Å². The molecule has 1 saturated heterocycles. The first-order valence-electron chi connectivity index (χ1n) is 6.09. The van der Waals surface area contributed by atoms with E-state index in [1.165, 1.54) is 12.2 Å². The number of allylic oxidation sites excluding steroid dienone is 4. The van der Waals surface area contributed by atoms with Gasteiger partial charge in [-0.3, -0.25) is 13.9 Å². The van der Waals surface area contributed by atoms with Crippen LogP contribution in [-0.2, 0) is 20.5 Å². The van der Waals surface area contributed by atoms with E-state index < -0.39 is 22.8 Å². The molecule has 0 aromatic rings. The molecule has 0 unspecified atom stereocenters. The number of Topliss-reactive ketones (excluding diaryl/α,β-unsaturated/α-hetero) is 1. The lowest BCUT2D eigenvalue weighted by atomic mass is 9.87. The number of aliphatic carboxylic acids is 1. The summed E-state index contributed by atoms with van der Waals surface area (Å²) in [7, 11) is -2.88. The van der Waals surface area contributed by atoms with Crippen molar-refractivity contribution in [3.63, 3.8) is 0 Å². The SMILES string of the molecule is C=C/C=C1/C(=O)[C@@H](CCC(=O)O)CN([SH](=O)=O)/C1=C/C. The van der Waals surface area contributed by atoms with E-state index >= 15 is 0 Å². The monoisotopic (exact) mass is 299 g/mol. The zero-order valence-electron chi connectivity index (χ0n) is 11.1. The van der Waals surface area contributed by atoms with Crippen LogP contribution < -0.4 is 0 Å². The molecule has 1 heterocycles. The summed E-state index contributed by atoms with van der Waals surface area (Å²) in [6, 6.07) is 0. The van der Waals surface area contributed by atoms with Crippen molar-refractivity contribution in [2.24, 2.45) is 5.92 Å². The number of nitrogens with zero attached hydrogens (tertiary/aromatic N) is 1. The standard InChI is InChI=1S/C13H17NO5S/c1-3-5-10-11(4-2)14(20(18)19)8-9(13(10)17)6-7-12(15)16/h3-5,9,20H,1,6-8H2,2H3,(H,15,16)/b10-5+,11-4+/t9-/m0/s1. The maximum Gasteiger partial charge on any atom is 0.303 e. The van der Waals surface area contributed by atoms with E-state index in [1.54, 1.807) is 13.0 Å². The molecule has 1 N–H and O–H groups in total. The summed E-state index contributed by atoms with van der Waals surface area (Å²) < 4.78 is 23.7. The predicted octanol–water partition coefficient (Wildman–Crippen LogP) is 0.895. The van der Waals surface area contributed by atoms with Crippen LogP contribution in [0.2, 0.25) is 0 Å². The van der Waals surface area contributed by atoms with Crippen molar-refractivity contribution in [1.29, 1.82) is 0 Å². The van der Waals surface area contributed by atoms with Gasteiger partial charge in [-0.25, -0.2) is 8.42 Å². The van der Waals surface area contributed by atoms with Gasteiger partial charge < -0.3 is 5.11 Å². The second-order valence-corrected chi connectivity index (χ2v) is 5.26. The molecule has 1 aliphatic heterocycles. The summed E-state index contributed by atoms with van der Waals surface area (Å²) in [5, 5.41) is 8.69. The highest BCUT2D eigenvalue weighted by atomic mass is 32.2. The van der Waals surface area contributed by atoms with Gasteiger partial charge in [-0.1, -0.05) is 18.7 Å². The molecule has 0 aliphatic carbocycles. The van der Waals surface area contributed by atoms with Crippen LogP contribution >= 0.6 is 0 Å². The zero-order chi connectivity index (χ0) is 15.3. The van der Waals surface area contributed by atoms with Crippen LogP contribution in [-0.4, -0.2) is 36.1 Å². The first-order valence-corrected chi connectivity index (χ1v) is 7.22. The van der Waals surface area contributed by atoms with Crippen molar-refractivity contribution in [2.45, 2.75) is 19.8 Å². The van der Waals surface area contributed by atoms with Gasteiger partial charge in [0.2, 0.25) is 10.9 Å². The van der Waals surface area contributed by atoms with E-state index in [1.807, 2.05) is 0 Å². The number of piperidine rings is 1. The van der Waals surface area contributed by atoms with Crippen molar-refractivity contribution >= 4 is 22.6 Å². The second-order valence-electron chi connectivity index (χ2n) is 4.30. The number of ketones is 1. The van der Waals surface area contributed by atoms with Gasteiger partial charge in [0.1, 0.15) is 0 Å². The molecule has 1 atom stereocenters. The van der Waals surface area contributed by atoms with Gasteiger partial charge in [-0.2, -0.15) is 0 Å². The van der Waals surface area contributed by atoms with E-state index in [-0.39, 0.29) is 30.7 Å². The van der Waals surface area contributed by atoms with E-state index in [9.17, 15) is 18.0 Å². The summed E-state index contributed by atoms with van der Waals surface area (Å²) in [5.74, 6) is -1.90. The molecule has 0 spiro atoms. The normalized spacial score (nSPS) is 23.6. The number of carbonyl (C=O) groups excluding carboxylic acids is 1. The Morgan fingerprint density at radius 2 is 2.20 bits per heavy atom. The third-order valence-electron chi connectivity index (χ3n) is 3.05. The Bertz CT molecular complexity index is 551. The number of carbonyl (C=O) groups is 2.